The van der Waals surface area contributed by atoms with Gasteiger partial charge in [-0.25, -0.2) is 0 Å². The SMILES string of the molecule is C=C1CCC[C@]2(C)CCC(=C(C)C)C[C@H]12. The fourth-order valence-corrected chi connectivity index (χ4v) is 3.49. The van der Waals surface area contributed by atoms with E-state index in [4.69, 9.17) is 0 Å². The van der Waals surface area contributed by atoms with Crippen molar-refractivity contribution in [1.82, 2.24) is 0 Å². The van der Waals surface area contributed by atoms with Gasteiger partial charge < -0.3 is 0 Å². The second-order valence-electron chi connectivity index (χ2n) is 6.03. The summed E-state index contributed by atoms with van der Waals surface area (Å²) in [6.45, 7) is 11.3. The molecule has 2 atom stereocenters. The molecule has 0 heterocycles. The highest BCUT2D eigenvalue weighted by molar-refractivity contribution is 5.22. The maximum Gasteiger partial charge on any atom is -0.0114 e. The van der Waals surface area contributed by atoms with E-state index in [0.29, 0.717) is 5.41 Å². The Labute approximate surface area is 94.5 Å². The summed E-state index contributed by atoms with van der Waals surface area (Å²) in [5.74, 6) is 0.782. The van der Waals surface area contributed by atoms with Gasteiger partial charge in [0.15, 0.2) is 0 Å². The number of hydrogen-bond acceptors (Lipinski definition) is 0. The van der Waals surface area contributed by atoms with Crippen LogP contribution in [0.4, 0.5) is 0 Å². The summed E-state index contributed by atoms with van der Waals surface area (Å²) in [6.07, 6.45) is 8.09. The molecule has 0 unspecified atom stereocenters. The second-order valence-corrected chi connectivity index (χ2v) is 6.03. The minimum atomic E-state index is 0.578. The van der Waals surface area contributed by atoms with Gasteiger partial charge in [0.25, 0.3) is 0 Å². The zero-order valence-corrected chi connectivity index (χ0v) is 10.5. The molecule has 0 nitrogen and oxygen atoms in total. The first-order valence-electron chi connectivity index (χ1n) is 6.36. The van der Waals surface area contributed by atoms with Crippen molar-refractivity contribution in [1.29, 1.82) is 0 Å². The van der Waals surface area contributed by atoms with Crippen molar-refractivity contribution in [2.75, 3.05) is 0 Å². The van der Waals surface area contributed by atoms with E-state index in [1.807, 2.05) is 0 Å². The first kappa shape index (κ1) is 11.0. The Hall–Kier alpha value is -0.520. The van der Waals surface area contributed by atoms with Crippen LogP contribution in [-0.2, 0) is 0 Å². The van der Waals surface area contributed by atoms with Crippen LogP contribution < -0.4 is 0 Å². The van der Waals surface area contributed by atoms with Crippen molar-refractivity contribution >= 4 is 0 Å². The zero-order chi connectivity index (χ0) is 11.1. The molecule has 0 N–H and O–H groups in total. The molecule has 0 heteroatoms. The lowest BCUT2D eigenvalue weighted by Crippen LogP contribution is -2.35. The van der Waals surface area contributed by atoms with Crippen LogP contribution in [0.2, 0.25) is 0 Å². The van der Waals surface area contributed by atoms with Crippen LogP contribution in [0, 0.1) is 11.3 Å². The standard InChI is InChI=1S/C15H24/c1-11(2)13-7-9-15(4)8-5-6-12(3)14(15)10-13/h14H,3,5-10H2,1-2,4H3/t14-,15-/m1/s1. The second kappa shape index (κ2) is 3.81. The molecule has 0 aliphatic heterocycles. The molecular weight excluding hydrogens is 180 g/mol. The van der Waals surface area contributed by atoms with Gasteiger partial charge in [-0.1, -0.05) is 30.2 Å². The van der Waals surface area contributed by atoms with Crippen molar-refractivity contribution in [3.63, 3.8) is 0 Å². The monoisotopic (exact) mass is 204 g/mol. The lowest BCUT2D eigenvalue weighted by Gasteiger charge is -2.47. The maximum atomic E-state index is 4.31. The highest BCUT2D eigenvalue weighted by Gasteiger charge is 2.41. The van der Waals surface area contributed by atoms with Crippen LogP contribution in [-0.4, -0.2) is 0 Å². The molecule has 0 aromatic rings. The Bertz CT molecular complexity index is 304. The molecule has 0 aromatic heterocycles. The third-order valence-electron chi connectivity index (χ3n) is 4.74. The van der Waals surface area contributed by atoms with E-state index in [2.05, 4.69) is 27.4 Å². The molecule has 2 saturated carbocycles. The molecule has 84 valence electrons. The first-order valence-corrected chi connectivity index (χ1v) is 6.36. The highest BCUT2D eigenvalue weighted by Crippen LogP contribution is 2.53. The molecule has 0 spiro atoms. The van der Waals surface area contributed by atoms with Crippen LogP contribution in [0.15, 0.2) is 23.3 Å². The molecule has 0 aromatic carbocycles. The van der Waals surface area contributed by atoms with E-state index in [1.165, 1.54) is 44.1 Å². The van der Waals surface area contributed by atoms with Crippen LogP contribution in [0.3, 0.4) is 0 Å². The van der Waals surface area contributed by atoms with E-state index in [1.54, 1.807) is 11.1 Å². The molecule has 0 bridgehead atoms. The van der Waals surface area contributed by atoms with Gasteiger partial charge in [0, 0.05) is 0 Å². The smallest absolute Gasteiger partial charge is 0.0114 e. The quantitative estimate of drug-likeness (QED) is 0.494. The molecule has 15 heavy (non-hydrogen) atoms. The number of fused-ring (bicyclic) bond motifs is 1. The van der Waals surface area contributed by atoms with Crippen LogP contribution >= 0.6 is 0 Å². The number of rotatable bonds is 0. The molecule has 2 aliphatic rings. The molecule has 0 saturated heterocycles. The van der Waals surface area contributed by atoms with Crippen LogP contribution in [0.5, 0.6) is 0 Å². The fraction of sp³-hybridized carbons (Fsp3) is 0.733. The number of allylic oxidation sites excluding steroid dienone is 3. The third-order valence-corrected chi connectivity index (χ3v) is 4.74. The lowest BCUT2D eigenvalue weighted by atomic mass is 9.58. The van der Waals surface area contributed by atoms with E-state index < -0.39 is 0 Å². The van der Waals surface area contributed by atoms with Crippen molar-refractivity contribution in [3.05, 3.63) is 23.3 Å². The van der Waals surface area contributed by atoms with Gasteiger partial charge in [-0.15, -0.1) is 0 Å². The molecule has 0 radical (unpaired) electrons. The average molecular weight is 204 g/mol. The largest absolute Gasteiger partial charge is 0.0995 e. The Kier molecular flexibility index (Phi) is 2.79. The normalized spacial score (nSPS) is 36.3. The van der Waals surface area contributed by atoms with E-state index in [9.17, 15) is 0 Å². The van der Waals surface area contributed by atoms with Gasteiger partial charge in [-0.3, -0.25) is 0 Å². The summed E-state index contributed by atoms with van der Waals surface area (Å²) in [4.78, 5) is 0. The summed E-state index contributed by atoms with van der Waals surface area (Å²) in [5, 5.41) is 0. The van der Waals surface area contributed by atoms with Gasteiger partial charge in [-0.05, 0) is 63.7 Å². The molecule has 0 amide bonds. The summed E-state index contributed by atoms with van der Waals surface area (Å²) in [5.41, 5.74) is 5.37. The van der Waals surface area contributed by atoms with Crippen molar-refractivity contribution in [2.45, 2.75) is 59.3 Å². The lowest BCUT2D eigenvalue weighted by molar-refractivity contribution is 0.127. The Morgan fingerprint density at radius 1 is 1.27 bits per heavy atom. The molecular formula is C15H24. The fourth-order valence-electron chi connectivity index (χ4n) is 3.49. The maximum absolute atomic E-state index is 4.31. The van der Waals surface area contributed by atoms with Gasteiger partial charge in [0.05, 0.1) is 0 Å². The Morgan fingerprint density at radius 3 is 2.67 bits per heavy atom. The predicted molar refractivity (Wildman–Crippen MR) is 66.8 cm³/mol. The van der Waals surface area contributed by atoms with Crippen LogP contribution in [0.1, 0.15) is 59.3 Å². The molecule has 2 fully saturated rings. The first-order chi connectivity index (χ1) is 7.03. The van der Waals surface area contributed by atoms with Crippen molar-refractivity contribution in [3.8, 4) is 0 Å². The number of hydrogen-bond donors (Lipinski definition) is 0. The van der Waals surface area contributed by atoms with Crippen LogP contribution in [0.25, 0.3) is 0 Å². The van der Waals surface area contributed by atoms with Gasteiger partial charge in [0.1, 0.15) is 0 Å². The zero-order valence-electron chi connectivity index (χ0n) is 10.5. The van der Waals surface area contributed by atoms with E-state index in [-0.39, 0.29) is 0 Å². The topological polar surface area (TPSA) is 0 Å². The third kappa shape index (κ3) is 1.91. The minimum Gasteiger partial charge on any atom is -0.0995 e. The van der Waals surface area contributed by atoms with Gasteiger partial charge >= 0.3 is 0 Å². The molecule has 2 rings (SSSR count). The minimum absolute atomic E-state index is 0.578. The van der Waals surface area contributed by atoms with Crippen molar-refractivity contribution < 1.29 is 0 Å². The van der Waals surface area contributed by atoms with Gasteiger partial charge in [0.2, 0.25) is 0 Å². The van der Waals surface area contributed by atoms with Crippen molar-refractivity contribution in [2.24, 2.45) is 11.3 Å². The molecule has 2 aliphatic carbocycles. The summed E-state index contributed by atoms with van der Waals surface area (Å²) >= 11 is 0. The predicted octanol–water partition coefficient (Wildman–Crippen LogP) is 4.87. The average Bonchev–Trinajstić information content (AvgIpc) is 2.17. The highest BCUT2D eigenvalue weighted by atomic mass is 14.5. The Balaban J connectivity index is 2.23. The van der Waals surface area contributed by atoms with E-state index >= 15 is 0 Å². The Morgan fingerprint density at radius 2 is 2.00 bits per heavy atom. The van der Waals surface area contributed by atoms with Gasteiger partial charge in [-0.2, -0.15) is 0 Å². The summed E-state index contributed by atoms with van der Waals surface area (Å²) in [7, 11) is 0. The summed E-state index contributed by atoms with van der Waals surface area (Å²) in [6, 6.07) is 0. The van der Waals surface area contributed by atoms with E-state index in [0.717, 1.165) is 5.92 Å². The summed E-state index contributed by atoms with van der Waals surface area (Å²) < 4.78 is 0.